The lowest BCUT2D eigenvalue weighted by Crippen LogP contribution is -2.38. The fourth-order valence-corrected chi connectivity index (χ4v) is 4.71. The molecule has 0 aromatic carbocycles. The van der Waals surface area contributed by atoms with Crippen LogP contribution in [0.4, 0.5) is 0 Å². The first-order valence-electron chi connectivity index (χ1n) is 6.43. The van der Waals surface area contributed by atoms with E-state index in [1.54, 1.807) is 0 Å². The van der Waals surface area contributed by atoms with Crippen LogP contribution in [0.2, 0.25) is 0 Å². The maximum absolute atomic E-state index is 3.54. The second-order valence-corrected chi connectivity index (χ2v) is 7.96. The Kier molecular flexibility index (Phi) is 3.57. The van der Waals surface area contributed by atoms with Crippen molar-refractivity contribution in [3.63, 3.8) is 0 Å². The monoisotopic (exact) mass is 314 g/mol. The molecule has 2 aliphatic heterocycles. The van der Waals surface area contributed by atoms with Gasteiger partial charge in [-0.3, -0.25) is 4.90 Å². The lowest BCUT2D eigenvalue weighted by molar-refractivity contribution is 0.194. The van der Waals surface area contributed by atoms with Gasteiger partial charge >= 0.3 is 0 Å². The van der Waals surface area contributed by atoms with E-state index >= 15 is 0 Å². The summed E-state index contributed by atoms with van der Waals surface area (Å²) in [5.74, 6) is 0. The van der Waals surface area contributed by atoms with E-state index in [-0.39, 0.29) is 0 Å². The maximum Gasteiger partial charge on any atom is 0.0701 e. The summed E-state index contributed by atoms with van der Waals surface area (Å²) >= 11 is 5.42. The fourth-order valence-electron chi connectivity index (χ4n) is 3.19. The molecule has 0 bridgehead atoms. The van der Waals surface area contributed by atoms with Gasteiger partial charge in [0.25, 0.3) is 0 Å². The van der Waals surface area contributed by atoms with Gasteiger partial charge in [0, 0.05) is 18.0 Å². The van der Waals surface area contributed by atoms with Gasteiger partial charge in [-0.05, 0) is 72.4 Å². The van der Waals surface area contributed by atoms with Gasteiger partial charge in [-0.2, -0.15) is 0 Å². The van der Waals surface area contributed by atoms with E-state index in [0.29, 0.717) is 5.41 Å². The van der Waals surface area contributed by atoms with Crippen molar-refractivity contribution in [2.45, 2.75) is 25.8 Å². The summed E-state index contributed by atoms with van der Waals surface area (Å²) < 4.78 is 1.25. The quantitative estimate of drug-likeness (QED) is 0.902. The largest absolute Gasteiger partial charge is 0.317 e. The number of likely N-dealkylation sites (tertiary alicyclic amines) is 1. The Morgan fingerprint density at radius 2 is 2.12 bits per heavy atom. The van der Waals surface area contributed by atoms with Gasteiger partial charge in [0.15, 0.2) is 0 Å². The Labute approximate surface area is 116 Å². The van der Waals surface area contributed by atoms with E-state index in [4.69, 9.17) is 0 Å². The zero-order chi connectivity index (χ0) is 11.7. The number of nitrogens with one attached hydrogen (secondary N) is 1. The molecule has 17 heavy (non-hydrogen) atoms. The predicted molar refractivity (Wildman–Crippen MR) is 76.4 cm³/mol. The summed E-state index contributed by atoms with van der Waals surface area (Å²) in [6.45, 7) is 6.18. The van der Waals surface area contributed by atoms with E-state index in [1.807, 2.05) is 11.3 Å². The van der Waals surface area contributed by atoms with Crippen LogP contribution in [-0.2, 0) is 6.54 Å². The van der Waals surface area contributed by atoms with Gasteiger partial charge in [-0.15, -0.1) is 11.3 Å². The third-order valence-corrected chi connectivity index (χ3v) is 5.80. The van der Waals surface area contributed by atoms with E-state index in [2.05, 4.69) is 38.3 Å². The van der Waals surface area contributed by atoms with E-state index in [9.17, 15) is 0 Å². The molecule has 0 atom stereocenters. The van der Waals surface area contributed by atoms with Gasteiger partial charge in [0.2, 0.25) is 0 Å². The molecule has 2 saturated heterocycles. The Morgan fingerprint density at radius 3 is 2.82 bits per heavy atom. The minimum absolute atomic E-state index is 0.639. The van der Waals surface area contributed by atoms with Gasteiger partial charge in [0.05, 0.1) is 3.79 Å². The molecule has 3 heterocycles. The first-order valence-corrected chi connectivity index (χ1v) is 8.04. The summed E-state index contributed by atoms with van der Waals surface area (Å²) in [5.41, 5.74) is 0.639. The van der Waals surface area contributed by atoms with Gasteiger partial charge in [0.1, 0.15) is 0 Å². The number of thiophene rings is 1. The average Bonchev–Trinajstić information content (AvgIpc) is 2.89. The highest BCUT2D eigenvalue weighted by molar-refractivity contribution is 9.11. The summed E-state index contributed by atoms with van der Waals surface area (Å²) in [4.78, 5) is 4.13. The number of hydrogen-bond acceptors (Lipinski definition) is 3. The lowest BCUT2D eigenvalue weighted by Gasteiger charge is -2.33. The number of halogens is 1. The lowest BCUT2D eigenvalue weighted by atomic mass is 9.78. The second kappa shape index (κ2) is 5.00. The molecule has 2 aliphatic rings. The normalized spacial score (nSPS) is 24.5. The molecule has 2 fully saturated rings. The van der Waals surface area contributed by atoms with Gasteiger partial charge in [-0.1, -0.05) is 0 Å². The Hall–Kier alpha value is 0.1000. The highest BCUT2D eigenvalue weighted by Crippen LogP contribution is 2.39. The zero-order valence-corrected chi connectivity index (χ0v) is 12.4. The topological polar surface area (TPSA) is 15.3 Å². The molecular weight excluding hydrogens is 296 g/mol. The SMILES string of the molecule is Brc1ccc(CN2CCC3(CCNCC3)C2)s1. The minimum atomic E-state index is 0.639. The van der Waals surface area contributed by atoms with Crippen LogP contribution in [0.15, 0.2) is 15.9 Å². The van der Waals surface area contributed by atoms with Crippen molar-refractivity contribution in [1.82, 2.24) is 10.2 Å². The van der Waals surface area contributed by atoms with E-state index < -0.39 is 0 Å². The summed E-state index contributed by atoms with van der Waals surface area (Å²) in [6, 6.07) is 4.42. The summed E-state index contributed by atoms with van der Waals surface area (Å²) in [5, 5.41) is 3.48. The van der Waals surface area contributed by atoms with Crippen LogP contribution in [0.5, 0.6) is 0 Å². The first kappa shape index (κ1) is 12.2. The Balaban J connectivity index is 1.60. The molecule has 2 nitrogen and oxygen atoms in total. The average molecular weight is 315 g/mol. The van der Waals surface area contributed by atoms with E-state index in [0.717, 1.165) is 6.54 Å². The van der Waals surface area contributed by atoms with Crippen LogP contribution in [0, 0.1) is 5.41 Å². The zero-order valence-electron chi connectivity index (χ0n) is 10.0. The van der Waals surface area contributed by atoms with E-state index in [1.165, 1.54) is 54.1 Å². The Bertz CT molecular complexity index is 385. The van der Waals surface area contributed by atoms with Crippen molar-refractivity contribution < 1.29 is 0 Å². The molecule has 0 amide bonds. The molecule has 94 valence electrons. The molecule has 1 aromatic heterocycles. The standard InChI is InChI=1S/C13H19BrN2S/c14-12-2-1-11(17-12)9-16-8-5-13(10-16)3-6-15-7-4-13/h1-2,15H,3-10H2. The van der Waals surface area contributed by atoms with Crippen LogP contribution in [0.1, 0.15) is 24.1 Å². The van der Waals surface area contributed by atoms with Gasteiger partial charge < -0.3 is 5.32 Å². The highest BCUT2D eigenvalue weighted by Gasteiger charge is 2.38. The van der Waals surface area contributed by atoms with Crippen LogP contribution in [0.3, 0.4) is 0 Å². The molecule has 1 N–H and O–H groups in total. The van der Waals surface area contributed by atoms with Crippen molar-refractivity contribution in [1.29, 1.82) is 0 Å². The molecular formula is C13H19BrN2S. The molecule has 4 heteroatoms. The molecule has 1 spiro atoms. The van der Waals surface area contributed by atoms with Crippen LogP contribution in [0.25, 0.3) is 0 Å². The third kappa shape index (κ3) is 2.75. The predicted octanol–water partition coefficient (Wildman–Crippen LogP) is 3.09. The van der Waals surface area contributed by atoms with Crippen molar-refractivity contribution in [3.05, 3.63) is 20.8 Å². The third-order valence-electron chi connectivity index (χ3n) is 4.19. The van der Waals surface area contributed by atoms with Crippen molar-refractivity contribution in [2.75, 3.05) is 26.2 Å². The first-order chi connectivity index (χ1) is 8.26. The summed E-state index contributed by atoms with van der Waals surface area (Å²) in [6.07, 6.45) is 4.15. The molecule has 1 aromatic rings. The number of nitrogens with zero attached hydrogens (tertiary/aromatic N) is 1. The fraction of sp³-hybridized carbons (Fsp3) is 0.692. The maximum atomic E-state index is 3.54. The minimum Gasteiger partial charge on any atom is -0.317 e. The highest BCUT2D eigenvalue weighted by atomic mass is 79.9. The second-order valence-electron chi connectivity index (χ2n) is 5.42. The van der Waals surface area contributed by atoms with Crippen molar-refractivity contribution >= 4 is 27.3 Å². The molecule has 0 saturated carbocycles. The molecule has 3 rings (SSSR count). The number of hydrogen-bond donors (Lipinski definition) is 1. The smallest absolute Gasteiger partial charge is 0.0701 e. The summed E-state index contributed by atoms with van der Waals surface area (Å²) in [7, 11) is 0. The number of rotatable bonds is 2. The number of piperidine rings is 1. The molecule has 0 radical (unpaired) electrons. The van der Waals surface area contributed by atoms with Gasteiger partial charge in [-0.25, -0.2) is 0 Å². The molecule has 0 aliphatic carbocycles. The van der Waals surface area contributed by atoms with Crippen LogP contribution in [-0.4, -0.2) is 31.1 Å². The Morgan fingerprint density at radius 1 is 1.29 bits per heavy atom. The molecule has 0 unspecified atom stereocenters. The van der Waals surface area contributed by atoms with Crippen molar-refractivity contribution in [3.8, 4) is 0 Å². The van der Waals surface area contributed by atoms with Crippen LogP contribution >= 0.6 is 27.3 Å². The van der Waals surface area contributed by atoms with Crippen LogP contribution < -0.4 is 5.32 Å². The van der Waals surface area contributed by atoms with Crippen molar-refractivity contribution in [2.24, 2.45) is 5.41 Å².